The molecule has 0 aromatic heterocycles. The fraction of sp³-hybridized carbons (Fsp3) is 0.0667. The molecule has 2 amide bonds. The largest absolute Gasteiger partial charge is 0.322 e. The molecule has 8 nitrogen and oxygen atoms in total. The highest BCUT2D eigenvalue weighted by Crippen LogP contribution is 2.15. The van der Waals surface area contributed by atoms with E-state index in [0.29, 0.717) is 11.3 Å². The van der Waals surface area contributed by atoms with Crippen molar-refractivity contribution >= 4 is 27.5 Å². The second-order valence-corrected chi connectivity index (χ2v) is 6.47. The zero-order valence-corrected chi connectivity index (χ0v) is 13.2. The lowest BCUT2D eigenvalue weighted by Crippen LogP contribution is -2.35. The van der Waals surface area contributed by atoms with E-state index in [1.807, 2.05) is 4.72 Å². The van der Waals surface area contributed by atoms with Gasteiger partial charge in [0.2, 0.25) is 10.0 Å². The molecule has 0 aliphatic heterocycles. The summed E-state index contributed by atoms with van der Waals surface area (Å²) in [6.45, 7) is -0.592. The molecule has 0 saturated carbocycles. The van der Waals surface area contributed by atoms with Gasteiger partial charge in [0.15, 0.2) is 0 Å². The van der Waals surface area contributed by atoms with Crippen LogP contribution in [0.4, 0.5) is 5.69 Å². The van der Waals surface area contributed by atoms with E-state index in [2.05, 4.69) is 5.32 Å². The molecule has 2 aromatic carbocycles. The van der Waals surface area contributed by atoms with Crippen molar-refractivity contribution in [1.29, 1.82) is 0 Å². The molecule has 4 N–H and O–H groups in total. The molecule has 2 rings (SSSR count). The fourth-order valence-corrected chi connectivity index (χ4v) is 2.78. The Balaban J connectivity index is 2.05. The van der Waals surface area contributed by atoms with Crippen molar-refractivity contribution in [2.75, 3.05) is 11.9 Å². The van der Waals surface area contributed by atoms with Crippen LogP contribution in [0.5, 0.6) is 0 Å². The Morgan fingerprint density at radius 3 is 2.17 bits per heavy atom. The van der Waals surface area contributed by atoms with Crippen molar-refractivity contribution in [3.8, 4) is 0 Å². The van der Waals surface area contributed by atoms with E-state index in [-0.39, 0.29) is 10.8 Å². The number of hydrogen-bond donors (Lipinski definition) is 4. The molecule has 126 valence electrons. The number of carbonyl (C=O) groups excluding carboxylic acids is 2. The first-order valence-corrected chi connectivity index (χ1v) is 8.30. The molecule has 0 fully saturated rings. The molecule has 0 saturated heterocycles. The quantitative estimate of drug-likeness (QED) is 0.452. The highest BCUT2D eigenvalue weighted by atomic mass is 32.2. The van der Waals surface area contributed by atoms with E-state index >= 15 is 0 Å². The molecule has 0 spiro atoms. The summed E-state index contributed by atoms with van der Waals surface area (Å²) in [4.78, 5) is 22.8. The van der Waals surface area contributed by atoms with Gasteiger partial charge in [-0.1, -0.05) is 18.2 Å². The summed E-state index contributed by atoms with van der Waals surface area (Å²) in [5.74, 6) is -1.20. The molecule has 0 aliphatic carbocycles. The Labute approximate surface area is 138 Å². The summed E-state index contributed by atoms with van der Waals surface area (Å²) in [7, 11) is -3.90. The smallest absolute Gasteiger partial charge is 0.258 e. The number of sulfonamides is 1. The van der Waals surface area contributed by atoms with Gasteiger partial charge in [-0.2, -0.15) is 0 Å². The van der Waals surface area contributed by atoms with E-state index in [4.69, 9.17) is 5.21 Å². The third-order valence-corrected chi connectivity index (χ3v) is 4.42. The van der Waals surface area contributed by atoms with Crippen LogP contribution in [0.1, 0.15) is 10.4 Å². The Bertz CT molecular complexity index is 820. The number of amides is 2. The van der Waals surface area contributed by atoms with Gasteiger partial charge in [-0.05, 0) is 36.4 Å². The molecule has 0 atom stereocenters. The van der Waals surface area contributed by atoms with Crippen molar-refractivity contribution in [3.63, 3.8) is 0 Å². The van der Waals surface area contributed by atoms with Crippen LogP contribution in [-0.4, -0.2) is 32.0 Å². The second kappa shape index (κ2) is 7.68. The van der Waals surface area contributed by atoms with E-state index in [1.54, 1.807) is 30.3 Å². The van der Waals surface area contributed by atoms with Gasteiger partial charge in [0.1, 0.15) is 0 Å². The van der Waals surface area contributed by atoms with Crippen LogP contribution >= 0.6 is 0 Å². The van der Waals surface area contributed by atoms with Crippen molar-refractivity contribution in [2.45, 2.75) is 4.90 Å². The maximum absolute atomic E-state index is 12.0. The first kappa shape index (κ1) is 17.6. The fourth-order valence-electron chi connectivity index (χ4n) is 1.79. The lowest BCUT2D eigenvalue weighted by atomic mass is 10.2. The summed E-state index contributed by atoms with van der Waals surface area (Å²) >= 11 is 0. The summed E-state index contributed by atoms with van der Waals surface area (Å²) in [6.07, 6.45) is 0. The number of carbonyl (C=O) groups is 2. The van der Waals surface area contributed by atoms with Crippen molar-refractivity contribution in [3.05, 3.63) is 60.2 Å². The molecular formula is C15H15N3O5S. The maximum Gasteiger partial charge on any atom is 0.258 e. The summed E-state index contributed by atoms with van der Waals surface area (Å²) < 4.78 is 25.9. The van der Waals surface area contributed by atoms with Gasteiger partial charge in [-0.15, -0.1) is 0 Å². The average Bonchev–Trinajstić information content (AvgIpc) is 2.61. The van der Waals surface area contributed by atoms with Crippen LogP contribution in [0.2, 0.25) is 0 Å². The standard InChI is InChI=1S/C15H15N3O5S/c19-14(18-21)10-16-24(22,23)13-8-6-12(7-9-13)17-15(20)11-4-2-1-3-5-11/h1-9,16,21H,10H2,(H,17,20)(H,18,19). The van der Waals surface area contributed by atoms with Gasteiger partial charge >= 0.3 is 0 Å². The van der Waals surface area contributed by atoms with Gasteiger partial charge in [0, 0.05) is 11.3 Å². The molecular weight excluding hydrogens is 334 g/mol. The zero-order chi connectivity index (χ0) is 17.6. The van der Waals surface area contributed by atoms with E-state index < -0.39 is 22.5 Å². The highest BCUT2D eigenvalue weighted by molar-refractivity contribution is 7.89. The maximum atomic E-state index is 12.0. The van der Waals surface area contributed by atoms with Gasteiger partial charge in [-0.25, -0.2) is 18.6 Å². The van der Waals surface area contributed by atoms with Crippen LogP contribution in [0, 0.1) is 0 Å². The number of hydrogen-bond acceptors (Lipinski definition) is 5. The monoisotopic (exact) mass is 349 g/mol. The topological polar surface area (TPSA) is 125 Å². The number of rotatable bonds is 6. The first-order chi connectivity index (χ1) is 11.4. The van der Waals surface area contributed by atoms with Gasteiger partial charge in [0.05, 0.1) is 11.4 Å². The summed E-state index contributed by atoms with van der Waals surface area (Å²) in [5.41, 5.74) is 2.23. The normalized spacial score (nSPS) is 10.9. The van der Waals surface area contributed by atoms with Crippen LogP contribution < -0.4 is 15.5 Å². The van der Waals surface area contributed by atoms with Crippen molar-refractivity contribution < 1.29 is 23.2 Å². The molecule has 0 heterocycles. The average molecular weight is 349 g/mol. The Hall–Kier alpha value is -2.75. The molecule has 0 radical (unpaired) electrons. The number of hydroxylamine groups is 1. The molecule has 2 aromatic rings. The van der Waals surface area contributed by atoms with Crippen molar-refractivity contribution in [1.82, 2.24) is 10.2 Å². The minimum Gasteiger partial charge on any atom is -0.322 e. The van der Waals surface area contributed by atoms with Gasteiger partial charge < -0.3 is 5.32 Å². The summed E-state index contributed by atoms with van der Waals surface area (Å²) in [5, 5.41) is 11.0. The predicted molar refractivity (Wildman–Crippen MR) is 86.0 cm³/mol. The van der Waals surface area contributed by atoms with Crippen LogP contribution in [0.15, 0.2) is 59.5 Å². The predicted octanol–water partition coefficient (Wildman–Crippen LogP) is 0.723. The lowest BCUT2D eigenvalue weighted by molar-refractivity contribution is -0.127. The van der Waals surface area contributed by atoms with E-state index in [1.165, 1.54) is 29.7 Å². The highest BCUT2D eigenvalue weighted by Gasteiger charge is 2.15. The Morgan fingerprint density at radius 1 is 0.958 bits per heavy atom. The number of nitrogens with one attached hydrogen (secondary N) is 3. The minimum absolute atomic E-state index is 0.0778. The van der Waals surface area contributed by atoms with E-state index in [0.717, 1.165) is 0 Å². The minimum atomic E-state index is -3.90. The molecule has 0 bridgehead atoms. The molecule has 9 heteroatoms. The van der Waals surface area contributed by atoms with Gasteiger partial charge in [0.25, 0.3) is 11.8 Å². The number of benzene rings is 2. The molecule has 24 heavy (non-hydrogen) atoms. The SMILES string of the molecule is O=C(CNS(=O)(=O)c1ccc(NC(=O)c2ccccc2)cc1)NO. The van der Waals surface area contributed by atoms with Gasteiger partial charge in [-0.3, -0.25) is 14.8 Å². The van der Waals surface area contributed by atoms with Crippen LogP contribution in [-0.2, 0) is 14.8 Å². The second-order valence-electron chi connectivity index (χ2n) is 4.70. The zero-order valence-electron chi connectivity index (χ0n) is 12.4. The third-order valence-electron chi connectivity index (χ3n) is 3.01. The molecule has 0 aliphatic rings. The Morgan fingerprint density at radius 2 is 1.58 bits per heavy atom. The number of anilines is 1. The van der Waals surface area contributed by atoms with Crippen LogP contribution in [0.25, 0.3) is 0 Å². The van der Waals surface area contributed by atoms with Crippen LogP contribution in [0.3, 0.4) is 0 Å². The molecule has 0 unspecified atom stereocenters. The first-order valence-electron chi connectivity index (χ1n) is 6.81. The Kier molecular flexibility index (Phi) is 5.64. The summed E-state index contributed by atoms with van der Waals surface area (Å²) in [6, 6.07) is 14.0. The van der Waals surface area contributed by atoms with E-state index in [9.17, 15) is 18.0 Å². The lowest BCUT2D eigenvalue weighted by Gasteiger charge is -2.08. The van der Waals surface area contributed by atoms with Crippen molar-refractivity contribution in [2.24, 2.45) is 0 Å². The third kappa shape index (κ3) is 4.62.